The number of fused-ring (bicyclic) bond motifs is 2. The molecule has 7 nitrogen and oxygen atoms in total. The molecule has 1 fully saturated rings. The Kier molecular flexibility index (Phi) is 8.52. The number of hydrogen-bond acceptors (Lipinski definition) is 6. The Morgan fingerprint density at radius 1 is 1.22 bits per heavy atom. The van der Waals surface area contributed by atoms with Crippen molar-refractivity contribution in [2.24, 2.45) is 0 Å². The molecule has 2 aliphatic rings. The zero-order valence-electron chi connectivity index (χ0n) is 23.9. The summed E-state index contributed by atoms with van der Waals surface area (Å²) in [6.45, 7) is 7.69. The van der Waals surface area contributed by atoms with Crippen LogP contribution in [0, 0.1) is 0 Å². The number of ether oxygens (including phenoxy) is 1. The van der Waals surface area contributed by atoms with Crippen LogP contribution in [0.4, 0.5) is 0 Å². The van der Waals surface area contributed by atoms with Crippen molar-refractivity contribution in [2.45, 2.75) is 63.9 Å². The molecule has 0 spiro atoms. The van der Waals surface area contributed by atoms with Gasteiger partial charge in [0.05, 0.1) is 17.3 Å². The van der Waals surface area contributed by atoms with Crippen molar-refractivity contribution in [3.05, 3.63) is 99.8 Å². The van der Waals surface area contributed by atoms with Crippen LogP contribution in [0.15, 0.2) is 66.9 Å². The van der Waals surface area contributed by atoms with Crippen molar-refractivity contribution < 1.29 is 19.7 Å². The van der Waals surface area contributed by atoms with Gasteiger partial charge in [-0.3, -0.25) is 9.78 Å². The minimum Gasteiger partial charge on any atom is -0.487 e. The van der Waals surface area contributed by atoms with Crippen LogP contribution in [-0.4, -0.2) is 51.7 Å². The number of carbonyl (C=O) groups is 1. The first-order valence-electron chi connectivity index (χ1n) is 14.2. The first kappa shape index (κ1) is 29.3. The number of piperidine rings is 1. The zero-order chi connectivity index (χ0) is 29.2. The molecule has 0 radical (unpaired) electrons. The molecule has 1 saturated heterocycles. The summed E-state index contributed by atoms with van der Waals surface area (Å²) in [6.07, 6.45) is 5.56. The number of rotatable bonds is 7. The SMILES string of the molecule is CCC(=O)NC1CN(CC/C=C2/c3cc(C(C)(C)O)ccc3OCc3ncccc32)CCC1(O)c1ccc(Cl)cc1. The lowest BCUT2D eigenvalue weighted by Crippen LogP contribution is -2.60. The van der Waals surface area contributed by atoms with Gasteiger partial charge in [0.25, 0.3) is 0 Å². The summed E-state index contributed by atoms with van der Waals surface area (Å²) in [5.41, 5.74) is 3.24. The lowest BCUT2D eigenvalue weighted by atomic mass is 9.80. The van der Waals surface area contributed by atoms with Crippen LogP contribution in [0.2, 0.25) is 5.02 Å². The smallest absolute Gasteiger partial charge is 0.220 e. The van der Waals surface area contributed by atoms with Crippen LogP contribution < -0.4 is 10.1 Å². The molecule has 1 aromatic heterocycles. The minimum atomic E-state index is -1.18. The second kappa shape index (κ2) is 11.9. The van der Waals surface area contributed by atoms with E-state index in [4.69, 9.17) is 16.3 Å². The Morgan fingerprint density at radius 3 is 2.73 bits per heavy atom. The van der Waals surface area contributed by atoms with Crippen molar-refractivity contribution in [3.63, 3.8) is 0 Å². The van der Waals surface area contributed by atoms with Crippen LogP contribution in [-0.2, 0) is 22.6 Å². The Labute approximate surface area is 246 Å². The van der Waals surface area contributed by atoms with Crippen molar-refractivity contribution in [1.82, 2.24) is 15.2 Å². The third-order valence-electron chi connectivity index (χ3n) is 8.14. The van der Waals surface area contributed by atoms with E-state index >= 15 is 0 Å². The number of carbonyl (C=O) groups excluding carboxylic acids is 1. The van der Waals surface area contributed by atoms with Gasteiger partial charge in [0, 0.05) is 48.4 Å². The average molecular weight is 576 g/mol. The zero-order valence-corrected chi connectivity index (χ0v) is 24.6. The van der Waals surface area contributed by atoms with E-state index in [0.717, 1.165) is 52.2 Å². The van der Waals surface area contributed by atoms with Crippen LogP contribution in [0.25, 0.3) is 5.57 Å². The van der Waals surface area contributed by atoms with E-state index in [2.05, 4.69) is 27.3 Å². The molecule has 41 heavy (non-hydrogen) atoms. The first-order chi connectivity index (χ1) is 19.6. The first-order valence-corrected chi connectivity index (χ1v) is 14.6. The minimum absolute atomic E-state index is 0.0897. The summed E-state index contributed by atoms with van der Waals surface area (Å²) in [7, 11) is 0. The lowest BCUT2D eigenvalue weighted by Gasteiger charge is -2.45. The lowest BCUT2D eigenvalue weighted by molar-refractivity contribution is -0.126. The van der Waals surface area contributed by atoms with Gasteiger partial charge in [0.15, 0.2) is 0 Å². The summed E-state index contributed by atoms with van der Waals surface area (Å²) in [5, 5.41) is 26.2. The van der Waals surface area contributed by atoms with E-state index < -0.39 is 17.2 Å². The molecule has 0 bridgehead atoms. The van der Waals surface area contributed by atoms with Gasteiger partial charge in [-0.1, -0.05) is 48.9 Å². The molecular formula is C33H38ClN3O4. The van der Waals surface area contributed by atoms with Gasteiger partial charge in [-0.15, -0.1) is 0 Å². The maximum Gasteiger partial charge on any atom is 0.220 e. The molecule has 1 amide bonds. The van der Waals surface area contributed by atoms with Gasteiger partial charge in [0.1, 0.15) is 18.0 Å². The Balaban J connectivity index is 1.40. The highest BCUT2D eigenvalue weighted by molar-refractivity contribution is 6.30. The van der Waals surface area contributed by atoms with Gasteiger partial charge in [-0.05, 0) is 73.7 Å². The molecule has 0 aliphatic carbocycles. The maximum atomic E-state index is 12.4. The molecule has 8 heteroatoms. The number of halogens is 1. The van der Waals surface area contributed by atoms with Gasteiger partial charge >= 0.3 is 0 Å². The third-order valence-corrected chi connectivity index (χ3v) is 8.39. The topological polar surface area (TPSA) is 94.9 Å². The molecule has 3 N–H and O–H groups in total. The van der Waals surface area contributed by atoms with Crippen LogP contribution in [0.1, 0.15) is 68.0 Å². The summed E-state index contributed by atoms with van der Waals surface area (Å²) >= 11 is 6.10. The predicted octanol–water partition coefficient (Wildman–Crippen LogP) is 5.16. The number of nitrogens with one attached hydrogen (secondary N) is 1. The third kappa shape index (κ3) is 6.33. The fraction of sp³-hybridized carbons (Fsp3) is 0.394. The fourth-order valence-corrected chi connectivity index (χ4v) is 5.83. The molecule has 3 aromatic rings. The Morgan fingerprint density at radius 2 is 2.00 bits per heavy atom. The van der Waals surface area contributed by atoms with E-state index in [-0.39, 0.29) is 5.91 Å². The van der Waals surface area contributed by atoms with Gasteiger partial charge < -0.3 is 25.2 Å². The second-order valence-corrected chi connectivity index (χ2v) is 11.9. The molecular weight excluding hydrogens is 538 g/mol. The van der Waals surface area contributed by atoms with Gasteiger partial charge in [-0.2, -0.15) is 0 Å². The summed E-state index contributed by atoms with van der Waals surface area (Å²) < 4.78 is 6.13. The standard InChI is InChI=1S/C33H38ClN3O4/c1-4-31(38)36-30-20-37(18-15-33(30,40)22-9-12-24(34)13-10-22)17-6-8-25-26-7-5-16-35-28(26)21-41-29-14-11-23(19-27(25)29)32(2,3)39/h5,7-14,16,19,30,39-40H,4,6,15,17-18,20-21H2,1-3H3,(H,36,38)/b25-8+. The number of likely N-dealkylation sites (tertiary alicyclic amines) is 1. The molecule has 216 valence electrons. The summed E-state index contributed by atoms with van der Waals surface area (Å²) in [4.78, 5) is 19.3. The van der Waals surface area contributed by atoms with Crippen molar-refractivity contribution in [1.29, 1.82) is 0 Å². The van der Waals surface area contributed by atoms with Gasteiger partial charge in [-0.25, -0.2) is 0 Å². The van der Waals surface area contributed by atoms with Crippen molar-refractivity contribution in [2.75, 3.05) is 19.6 Å². The number of amides is 1. The number of hydrogen-bond donors (Lipinski definition) is 3. The highest BCUT2D eigenvalue weighted by atomic mass is 35.5. The van der Waals surface area contributed by atoms with Crippen LogP contribution in [0.3, 0.4) is 0 Å². The average Bonchev–Trinajstić information content (AvgIpc) is 3.11. The van der Waals surface area contributed by atoms with Gasteiger partial charge in [0.2, 0.25) is 5.91 Å². The van der Waals surface area contributed by atoms with Crippen molar-refractivity contribution in [3.8, 4) is 5.75 Å². The Hall–Kier alpha value is -3.23. The van der Waals surface area contributed by atoms with Crippen LogP contribution in [0.5, 0.6) is 5.75 Å². The number of nitrogens with zero attached hydrogens (tertiary/aromatic N) is 2. The summed E-state index contributed by atoms with van der Waals surface area (Å²) in [5.74, 6) is 0.670. The monoisotopic (exact) mass is 575 g/mol. The number of aliphatic hydroxyl groups is 2. The normalized spacial score (nSPS) is 21.9. The van der Waals surface area contributed by atoms with E-state index in [9.17, 15) is 15.0 Å². The molecule has 0 saturated carbocycles. The number of aromatic nitrogens is 1. The number of benzene rings is 2. The number of pyridine rings is 1. The highest BCUT2D eigenvalue weighted by Crippen LogP contribution is 2.39. The molecule has 3 heterocycles. The molecule has 5 rings (SSSR count). The second-order valence-electron chi connectivity index (χ2n) is 11.4. The van der Waals surface area contributed by atoms with E-state index in [1.807, 2.05) is 43.3 Å². The van der Waals surface area contributed by atoms with E-state index in [1.54, 1.807) is 32.2 Å². The molecule has 2 aliphatic heterocycles. The van der Waals surface area contributed by atoms with E-state index in [0.29, 0.717) is 37.6 Å². The Bertz CT molecular complexity index is 1430. The molecule has 2 aromatic carbocycles. The largest absolute Gasteiger partial charge is 0.487 e. The van der Waals surface area contributed by atoms with Crippen molar-refractivity contribution >= 4 is 23.1 Å². The highest BCUT2D eigenvalue weighted by Gasteiger charge is 2.43. The maximum absolute atomic E-state index is 12.4. The summed E-state index contributed by atoms with van der Waals surface area (Å²) in [6, 6.07) is 16.6. The molecule has 2 unspecified atom stereocenters. The quantitative estimate of drug-likeness (QED) is 0.360. The molecule has 2 atom stereocenters. The fourth-order valence-electron chi connectivity index (χ4n) is 5.70. The van der Waals surface area contributed by atoms with E-state index in [1.165, 1.54) is 0 Å². The van der Waals surface area contributed by atoms with Crippen LogP contribution >= 0.6 is 11.6 Å². The predicted molar refractivity (Wildman–Crippen MR) is 161 cm³/mol.